The minimum absolute atomic E-state index is 0.270. The van der Waals surface area contributed by atoms with Crippen molar-refractivity contribution in [3.8, 4) is 17.2 Å². The van der Waals surface area contributed by atoms with Crippen LogP contribution in [0.15, 0.2) is 59.0 Å². The van der Waals surface area contributed by atoms with Gasteiger partial charge in [0.1, 0.15) is 5.52 Å². The second-order valence-corrected chi connectivity index (χ2v) is 7.31. The van der Waals surface area contributed by atoms with Gasteiger partial charge in [-0.15, -0.1) is 0 Å². The Morgan fingerprint density at radius 2 is 1.72 bits per heavy atom. The number of fused-ring (bicyclic) bond motifs is 1. The third-order valence-electron chi connectivity index (χ3n) is 4.40. The maximum atomic E-state index is 12.5. The quantitative estimate of drug-likeness (QED) is 0.411. The van der Waals surface area contributed by atoms with E-state index in [4.69, 9.17) is 32.4 Å². The molecule has 7 heteroatoms. The van der Waals surface area contributed by atoms with Crippen LogP contribution in [-0.2, 0) is 0 Å². The number of aromatic nitrogens is 1. The van der Waals surface area contributed by atoms with Gasteiger partial charge in [-0.25, -0.2) is 4.98 Å². The topological polar surface area (TPSA) is 64.4 Å². The van der Waals surface area contributed by atoms with Crippen LogP contribution in [0.5, 0.6) is 5.75 Å². The number of carbonyl (C=O) groups is 1. The minimum Gasteiger partial charge on any atom is -0.494 e. The van der Waals surface area contributed by atoms with E-state index in [9.17, 15) is 4.79 Å². The number of methoxy groups -OCH3 is 1. The minimum atomic E-state index is -0.332. The van der Waals surface area contributed by atoms with Crippen LogP contribution in [0.25, 0.3) is 22.6 Å². The molecule has 146 valence electrons. The number of carbonyl (C=O) groups excluding carboxylic acids is 1. The molecule has 4 aromatic rings. The van der Waals surface area contributed by atoms with Crippen LogP contribution < -0.4 is 10.1 Å². The SMILES string of the molecule is COc1c(Cl)cc(C(=O)Nc2ccc(-c3nc4cc(C)ccc4o3)cc2)cc1Cl. The van der Waals surface area contributed by atoms with Gasteiger partial charge < -0.3 is 14.5 Å². The summed E-state index contributed by atoms with van der Waals surface area (Å²) in [6.07, 6.45) is 0. The number of aryl methyl sites for hydroxylation is 1. The zero-order valence-electron chi connectivity index (χ0n) is 15.6. The fourth-order valence-corrected chi connectivity index (χ4v) is 3.59. The van der Waals surface area contributed by atoms with E-state index in [0.717, 1.165) is 22.2 Å². The Morgan fingerprint density at radius 1 is 1.03 bits per heavy atom. The molecule has 0 aliphatic rings. The van der Waals surface area contributed by atoms with Crippen LogP contribution in [0, 0.1) is 6.92 Å². The maximum Gasteiger partial charge on any atom is 0.255 e. The molecule has 0 bridgehead atoms. The van der Waals surface area contributed by atoms with E-state index in [-0.39, 0.29) is 16.0 Å². The fourth-order valence-electron chi connectivity index (χ4n) is 2.95. The van der Waals surface area contributed by atoms with Gasteiger partial charge in [0, 0.05) is 16.8 Å². The second-order valence-electron chi connectivity index (χ2n) is 6.49. The molecule has 0 saturated carbocycles. The van der Waals surface area contributed by atoms with Crippen molar-refractivity contribution in [1.82, 2.24) is 4.98 Å². The van der Waals surface area contributed by atoms with Gasteiger partial charge in [0.05, 0.1) is 17.2 Å². The molecule has 1 amide bonds. The smallest absolute Gasteiger partial charge is 0.255 e. The van der Waals surface area contributed by atoms with Crippen molar-refractivity contribution in [3.05, 3.63) is 75.8 Å². The number of halogens is 2. The molecule has 1 heterocycles. The number of nitrogens with one attached hydrogen (secondary N) is 1. The number of amides is 1. The van der Waals surface area contributed by atoms with E-state index >= 15 is 0 Å². The van der Waals surface area contributed by atoms with E-state index < -0.39 is 0 Å². The Morgan fingerprint density at radius 3 is 2.38 bits per heavy atom. The molecule has 29 heavy (non-hydrogen) atoms. The Balaban J connectivity index is 1.54. The zero-order chi connectivity index (χ0) is 20.5. The normalized spacial score (nSPS) is 10.9. The van der Waals surface area contributed by atoms with Gasteiger partial charge in [0.2, 0.25) is 5.89 Å². The highest BCUT2D eigenvalue weighted by Gasteiger charge is 2.14. The lowest BCUT2D eigenvalue weighted by Crippen LogP contribution is -2.12. The third kappa shape index (κ3) is 3.92. The molecule has 1 N–H and O–H groups in total. The van der Waals surface area contributed by atoms with Gasteiger partial charge in [-0.05, 0) is 61.0 Å². The molecule has 0 saturated heterocycles. The van der Waals surface area contributed by atoms with E-state index in [1.807, 2.05) is 37.3 Å². The Kier molecular flexibility index (Phi) is 5.18. The van der Waals surface area contributed by atoms with E-state index in [1.165, 1.54) is 19.2 Å². The maximum absolute atomic E-state index is 12.5. The molecular weight excluding hydrogens is 411 g/mol. The first kappa shape index (κ1) is 19.3. The largest absolute Gasteiger partial charge is 0.494 e. The Hall–Kier alpha value is -3.02. The molecular formula is C22H16Cl2N2O3. The van der Waals surface area contributed by atoms with Crippen molar-refractivity contribution in [3.63, 3.8) is 0 Å². The molecule has 0 fully saturated rings. The average Bonchev–Trinajstić information content (AvgIpc) is 3.11. The lowest BCUT2D eigenvalue weighted by atomic mass is 10.1. The number of hydrogen-bond donors (Lipinski definition) is 1. The van der Waals surface area contributed by atoms with Crippen molar-refractivity contribution in [1.29, 1.82) is 0 Å². The van der Waals surface area contributed by atoms with Crippen LogP contribution in [0.3, 0.4) is 0 Å². The second kappa shape index (κ2) is 7.78. The van der Waals surface area contributed by atoms with Gasteiger partial charge in [-0.1, -0.05) is 29.3 Å². The summed E-state index contributed by atoms with van der Waals surface area (Å²) in [5.74, 6) is 0.529. The lowest BCUT2D eigenvalue weighted by molar-refractivity contribution is 0.102. The molecule has 3 aromatic carbocycles. The monoisotopic (exact) mass is 426 g/mol. The molecule has 1 aromatic heterocycles. The van der Waals surface area contributed by atoms with Crippen LogP contribution in [0.1, 0.15) is 15.9 Å². The first-order valence-electron chi connectivity index (χ1n) is 8.76. The highest BCUT2D eigenvalue weighted by atomic mass is 35.5. The first-order valence-corrected chi connectivity index (χ1v) is 9.52. The van der Waals surface area contributed by atoms with E-state index in [2.05, 4.69) is 10.3 Å². The molecule has 0 unspecified atom stereocenters. The standard InChI is InChI=1S/C22H16Cl2N2O3/c1-12-3-8-19-18(9-12)26-22(29-19)13-4-6-15(7-5-13)25-21(27)14-10-16(23)20(28-2)17(24)11-14/h3-11H,1-2H3,(H,25,27). The summed E-state index contributed by atoms with van der Waals surface area (Å²) in [5, 5.41) is 3.35. The van der Waals surface area contributed by atoms with Crippen LogP contribution in [-0.4, -0.2) is 18.0 Å². The van der Waals surface area contributed by atoms with Gasteiger partial charge in [0.15, 0.2) is 11.3 Å². The number of anilines is 1. The summed E-state index contributed by atoms with van der Waals surface area (Å²) in [5.41, 5.74) is 4.43. The molecule has 0 aliphatic heterocycles. The number of nitrogens with zero attached hydrogens (tertiary/aromatic N) is 1. The third-order valence-corrected chi connectivity index (χ3v) is 4.96. The first-order chi connectivity index (χ1) is 13.9. The Labute approximate surface area is 177 Å². The predicted octanol–water partition coefficient (Wildman–Crippen LogP) is 6.37. The summed E-state index contributed by atoms with van der Waals surface area (Å²) in [4.78, 5) is 17.0. The molecule has 4 rings (SSSR count). The average molecular weight is 427 g/mol. The van der Waals surface area contributed by atoms with Crippen molar-refractivity contribution in [2.24, 2.45) is 0 Å². The molecule has 0 spiro atoms. The number of rotatable bonds is 4. The molecule has 0 aliphatic carbocycles. The lowest BCUT2D eigenvalue weighted by Gasteiger charge is -2.09. The van der Waals surface area contributed by atoms with E-state index in [0.29, 0.717) is 22.9 Å². The Bertz CT molecular complexity index is 1190. The van der Waals surface area contributed by atoms with Crippen molar-refractivity contribution in [2.45, 2.75) is 6.92 Å². The summed E-state index contributed by atoms with van der Waals surface area (Å²) in [6.45, 7) is 2.01. The number of oxazole rings is 1. The summed E-state index contributed by atoms with van der Waals surface area (Å²) < 4.78 is 10.9. The number of benzene rings is 3. The van der Waals surface area contributed by atoms with Gasteiger partial charge in [-0.2, -0.15) is 0 Å². The summed E-state index contributed by atoms with van der Waals surface area (Å²) in [6, 6.07) is 16.1. The molecule has 0 atom stereocenters. The van der Waals surface area contributed by atoms with Crippen molar-refractivity contribution >= 4 is 45.9 Å². The van der Waals surface area contributed by atoms with Gasteiger partial charge in [-0.3, -0.25) is 4.79 Å². The molecule has 5 nitrogen and oxygen atoms in total. The number of hydrogen-bond acceptors (Lipinski definition) is 4. The van der Waals surface area contributed by atoms with Gasteiger partial charge in [0.25, 0.3) is 5.91 Å². The summed E-state index contributed by atoms with van der Waals surface area (Å²) >= 11 is 12.2. The predicted molar refractivity (Wildman–Crippen MR) is 115 cm³/mol. The van der Waals surface area contributed by atoms with Crippen LogP contribution >= 0.6 is 23.2 Å². The van der Waals surface area contributed by atoms with Crippen molar-refractivity contribution in [2.75, 3.05) is 12.4 Å². The van der Waals surface area contributed by atoms with Crippen LogP contribution in [0.2, 0.25) is 10.0 Å². The highest BCUT2D eigenvalue weighted by Crippen LogP contribution is 2.34. The van der Waals surface area contributed by atoms with Crippen molar-refractivity contribution < 1.29 is 13.9 Å². The fraction of sp³-hybridized carbons (Fsp3) is 0.0909. The van der Waals surface area contributed by atoms with E-state index in [1.54, 1.807) is 12.1 Å². The molecule has 0 radical (unpaired) electrons. The van der Waals surface area contributed by atoms with Crippen LogP contribution in [0.4, 0.5) is 5.69 Å². The zero-order valence-corrected chi connectivity index (χ0v) is 17.1. The number of ether oxygens (including phenoxy) is 1. The van der Waals surface area contributed by atoms with Gasteiger partial charge >= 0.3 is 0 Å². The summed E-state index contributed by atoms with van der Waals surface area (Å²) in [7, 11) is 1.46. The highest BCUT2D eigenvalue weighted by molar-refractivity contribution is 6.37.